The molecule has 2 fully saturated rings. The third-order valence-electron chi connectivity index (χ3n) is 5.90. The molecule has 4 rings (SSSR count). The number of carbonyl (C=O) groups excluding carboxylic acids is 2. The summed E-state index contributed by atoms with van der Waals surface area (Å²) >= 11 is 0. The van der Waals surface area contributed by atoms with Crippen molar-refractivity contribution in [3.05, 3.63) is 59.4 Å². The predicted octanol–water partition coefficient (Wildman–Crippen LogP) is 2.67. The number of nitrogens with one attached hydrogen (secondary N) is 1. The van der Waals surface area contributed by atoms with Crippen LogP contribution in [0.4, 0.5) is 5.69 Å². The lowest BCUT2D eigenvalue weighted by Crippen LogP contribution is -2.42. The average molecular weight is 379 g/mol. The second-order valence-corrected chi connectivity index (χ2v) is 7.72. The zero-order chi connectivity index (χ0) is 19.7. The Morgan fingerprint density at radius 1 is 1.11 bits per heavy atom. The number of hydrogen-bond donors (Lipinski definition) is 1. The Bertz CT molecular complexity index is 898. The van der Waals surface area contributed by atoms with Crippen LogP contribution in [0.15, 0.2) is 42.6 Å². The number of benzene rings is 1. The molecular formula is C22H25N3O3. The highest BCUT2D eigenvalue weighted by Crippen LogP contribution is 2.35. The van der Waals surface area contributed by atoms with Crippen molar-refractivity contribution in [1.29, 1.82) is 0 Å². The van der Waals surface area contributed by atoms with E-state index in [9.17, 15) is 9.59 Å². The van der Waals surface area contributed by atoms with Gasteiger partial charge in [0.25, 0.3) is 5.91 Å². The molecule has 1 N–H and O–H groups in total. The first kappa shape index (κ1) is 18.6. The second kappa shape index (κ2) is 7.72. The Morgan fingerprint density at radius 3 is 2.71 bits per heavy atom. The number of likely N-dealkylation sites (tertiary alicyclic amines) is 1. The van der Waals surface area contributed by atoms with E-state index in [1.54, 1.807) is 12.3 Å². The van der Waals surface area contributed by atoms with Crippen molar-refractivity contribution in [2.24, 2.45) is 17.8 Å². The number of ether oxygens (including phenoxy) is 1. The van der Waals surface area contributed by atoms with Crippen LogP contribution in [0.3, 0.4) is 0 Å². The summed E-state index contributed by atoms with van der Waals surface area (Å²) in [6, 6.07) is 11.3. The molecule has 2 amide bonds. The van der Waals surface area contributed by atoms with Gasteiger partial charge in [0.2, 0.25) is 5.91 Å². The number of nitrogens with zero attached hydrogens (tertiary/aromatic N) is 2. The molecule has 2 aromatic rings. The van der Waals surface area contributed by atoms with Gasteiger partial charge in [-0.3, -0.25) is 14.6 Å². The van der Waals surface area contributed by atoms with Crippen molar-refractivity contribution < 1.29 is 14.3 Å². The number of rotatable bonds is 3. The normalized spacial score (nSPS) is 23.9. The summed E-state index contributed by atoms with van der Waals surface area (Å²) in [7, 11) is 0. The Hall–Kier alpha value is -2.73. The maximum absolute atomic E-state index is 13.0. The van der Waals surface area contributed by atoms with Gasteiger partial charge in [0.1, 0.15) is 0 Å². The van der Waals surface area contributed by atoms with Crippen LogP contribution < -0.4 is 5.32 Å². The molecule has 0 aliphatic carbocycles. The molecule has 1 aromatic heterocycles. The van der Waals surface area contributed by atoms with Crippen LogP contribution in [0.25, 0.3) is 0 Å². The number of hydrogen-bond acceptors (Lipinski definition) is 4. The predicted molar refractivity (Wildman–Crippen MR) is 106 cm³/mol. The molecule has 2 saturated heterocycles. The topological polar surface area (TPSA) is 71.5 Å². The maximum Gasteiger partial charge on any atom is 0.254 e. The molecule has 0 saturated carbocycles. The molecule has 0 bridgehead atoms. The van der Waals surface area contributed by atoms with Gasteiger partial charge in [-0.25, -0.2) is 0 Å². The smallest absolute Gasteiger partial charge is 0.254 e. The van der Waals surface area contributed by atoms with Gasteiger partial charge < -0.3 is 15.0 Å². The molecule has 28 heavy (non-hydrogen) atoms. The van der Waals surface area contributed by atoms with Crippen LogP contribution in [0.5, 0.6) is 0 Å². The van der Waals surface area contributed by atoms with E-state index in [0.717, 1.165) is 22.5 Å². The molecule has 1 aromatic carbocycles. The third kappa shape index (κ3) is 3.52. The summed E-state index contributed by atoms with van der Waals surface area (Å²) in [5.41, 5.74) is 3.21. The van der Waals surface area contributed by atoms with Crippen molar-refractivity contribution in [2.45, 2.75) is 13.8 Å². The third-order valence-corrected chi connectivity index (χ3v) is 5.90. The lowest BCUT2D eigenvalue weighted by atomic mass is 9.82. The van der Waals surface area contributed by atoms with Crippen molar-refractivity contribution in [2.75, 3.05) is 31.6 Å². The van der Waals surface area contributed by atoms with Gasteiger partial charge in [0.05, 0.1) is 30.5 Å². The first-order valence-corrected chi connectivity index (χ1v) is 9.69. The lowest BCUT2D eigenvalue weighted by Gasteiger charge is -2.31. The summed E-state index contributed by atoms with van der Waals surface area (Å²) in [5.74, 6) is 0.00457. The monoisotopic (exact) mass is 379 g/mol. The van der Waals surface area contributed by atoms with E-state index in [4.69, 9.17) is 4.74 Å². The highest BCUT2D eigenvalue weighted by Gasteiger charge is 2.45. The lowest BCUT2D eigenvalue weighted by molar-refractivity contribution is -0.128. The van der Waals surface area contributed by atoms with Crippen LogP contribution in [-0.4, -0.2) is 48.0 Å². The zero-order valence-electron chi connectivity index (χ0n) is 16.2. The summed E-state index contributed by atoms with van der Waals surface area (Å²) < 4.78 is 5.73. The maximum atomic E-state index is 13.0. The van der Waals surface area contributed by atoms with Crippen molar-refractivity contribution in [3.8, 4) is 0 Å². The molecule has 3 heterocycles. The van der Waals surface area contributed by atoms with Gasteiger partial charge in [0, 0.05) is 30.8 Å². The number of aromatic nitrogens is 1. The van der Waals surface area contributed by atoms with E-state index in [2.05, 4.69) is 10.3 Å². The average Bonchev–Trinajstić information content (AvgIpc) is 3.14. The first-order chi connectivity index (χ1) is 13.5. The summed E-state index contributed by atoms with van der Waals surface area (Å²) in [6.07, 6.45) is 1.71. The van der Waals surface area contributed by atoms with Crippen molar-refractivity contribution in [1.82, 2.24) is 9.88 Å². The van der Waals surface area contributed by atoms with Crippen LogP contribution in [0.1, 0.15) is 21.6 Å². The van der Waals surface area contributed by atoms with Crippen LogP contribution in [0.2, 0.25) is 0 Å². The standard InChI is InChI=1S/C22H25N3O3/c1-14-6-3-4-7-17(14)22(27)25-10-16-12-28-13-19(18(16)11-25)21(26)24-20-8-5-9-23-15(20)2/h3-9,16,18-19H,10-13H2,1-2H3,(H,24,26)/t16-,18-,19-/m1/s1. The molecular weight excluding hydrogens is 354 g/mol. The van der Waals surface area contributed by atoms with E-state index in [-0.39, 0.29) is 29.6 Å². The molecule has 146 valence electrons. The van der Waals surface area contributed by atoms with Crippen LogP contribution in [0, 0.1) is 31.6 Å². The van der Waals surface area contributed by atoms with Gasteiger partial charge >= 0.3 is 0 Å². The summed E-state index contributed by atoms with van der Waals surface area (Å²) in [6.45, 7) is 6.02. The van der Waals surface area contributed by atoms with Gasteiger partial charge in [-0.2, -0.15) is 0 Å². The Labute approximate surface area is 164 Å². The van der Waals surface area contributed by atoms with Crippen molar-refractivity contribution in [3.63, 3.8) is 0 Å². The summed E-state index contributed by atoms with van der Waals surface area (Å²) in [5, 5.41) is 2.99. The fourth-order valence-electron chi connectivity index (χ4n) is 4.26. The molecule has 2 aliphatic heterocycles. The summed E-state index contributed by atoms with van der Waals surface area (Å²) in [4.78, 5) is 32.0. The fourth-order valence-corrected chi connectivity index (χ4v) is 4.26. The fraction of sp³-hybridized carbons (Fsp3) is 0.409. The Kier molecular flexibility index (Phi) is 5.13. The van der Waals surface area contributed by atoms with Gasteiger partial charge in [-0.15, -0.1) is 0 Å². The van der Waals surface area contributed by atoms with E-state index in [0.29, 0.717) is 26.3 Å². The number of aryl methyl sites for hydroxylation is 2. The number of fused-ring (bicyclic) bond motifs is 1. The second-order valence-electron chi connectivity index (χ2n) is 7.72. The largest absolute Gasteiger partial charge is 0.380 e. The number of anilines is 1. The number of carbonyl (C=O) groups is 2. The minimum atomic E-state index is -0.270. The Balaban J connectivity index is 1.49. The van der Waals surface area contributed by atoms with E-state index in [1.807, 2.05) is 49.1 Å². The number of pyridine rings is 1. The SMILES string of the molecule is Cc1ccccc1C(=O)N1C[C@@H]2COC[C@@H](C(=O)Nc3cccnc3C)[C@@H]2C1. The highest BCUT2D eigenvalue weighted by molar-refractivity contribution is 5.96. The quantitative estimate of drug-likeness (QED) is 0.890. The van der Waals surface area contributed by atoms with Gasteiger partial charge in [-0.1, -0.05) is 18.2 Å². The van der Waals surface area contributed by atoms with E-state index >= 15 is 0 Å². The first-order valence-electron chi connectivity index (χ1n) is 9.69. The molecule has 0 unspecified atom stereocenters. The molecule has 6 heteroatoms. The number of amides is 2. The minimum absolute atomic E-state index is 0.0368. The molecule has 3 atom stereocenters. The van der Waals surface area contributed by atoms with Gasteiger partial charge in [-0.05, 0) is 43.5 Å². The highest BCUT2D eigenvalue weighted by atomic mass is 16.5. The van der Waals surface area contributed by atoms with Gasteiger partial charge in [0.15, 0.2) is 0 Å². The van der Waals surface area contributed by atoms with Crippen LogP contribution >= 0.6 is 0 Å². The molecule has 6 nitrogen and oxygen atoms in total. The van der Waals surface area contributed by atoms with Crippen LogP contribution in [-0.2, 0) is 9.53 Å². The minimum Gasteiger partial charge on any atom is -0.380 e. The zero-order valence-corrected chi connectivity index (χ0v) is 16.2. The van der Waals surface area contributed by atoms with E-state index in [1.165, 1.54) is 0 Å². The Morgan fingerprint density at radius 2 is 1.93 bits per heavy atom. The molecule has 2 aliphatic rings. The molecule has 0 spiro atoms. The molecule has 0 radical (unpaired) electrons. The van der Waals surface area contributed by atoms with E-state index < -0.39 is 0 Å². The van der Waals surface area contributed by atoms with Crippen molar-refractivity contribution >= 4 is 17.5 Å².